The molecule has 28 heavy (non-hydrogen) atoms. The highest BCUT2D eigenvalue weighted by atomic mass is 16.5. The Morgan fingerprint density at radius 1 is 1.00 bits per heavy atom. The molecule has 144 valence electrons. The van der Waals surface area contributed by atoms with E-state index in [-0.39, 0.29) is 5.91 Å². The first-order valence-electron chi connectivity index (χ1n) is 9.52. The summed E-state index contributed by atoms with van der Waals surface area (Å²) in [6.07, 6.45) is 5.46. The molecule has 6 heteroatoms. The van der Waals surface area contributed by atoms with Crippen molar-refractivity contribution in [1.82, 2.24) is 14.9 Å². The first kappa shape index (κ1) is 18.3. The summed E-state index contributed by atoms with van der Waals surface area (Å²) in [4.78, 5) is 18.8. The molecule has 2 aromatic carbocycles. The predicted molar refractivity (Wildman–Crippen MR) is 108 cm³/mol. The van der Waals surface area contributed by atoms with E-state index in [1.165, 1.54) is 5.69 Å². The maximum Gasteiger partial charge on any atom is 0.251 e. The van der Waals surface area contributed by atoms with Crippen LogP contribution < -0.4 is 10.2 Å². The first-order chi connectivity index (χ1) is 13.8. The highest BCUT2D eigenvalue weighted by Gasteiger charge is 2.11. The molecule has 4 rings (SSSR count). The molecule has 0 aliphatic carbocycles. The largest absolute Gasteiger partial charge is 0.378 e. The molecule has 1 aliphatic rings. The van der Waals surface area contributed by atoms with Crippen LogP contribution in [0.1, 0.15) is 21.5 Å². The number of carbonyl (C=O) groups is 1. The Kier molecular flexibility index (Phi) is 5.68. The lowest BCUT2D eigenvalue weighted by Crippen LogP contribution is -2.36. The summed E-state index contributed by atoms with van der Waals surface area (Å²) in [5, 5.41) is 2.99. The van der Waals surface area contributed by atoms with Gasteiger partial charge < -0.3 is 19.5 Å². The van der Waals surface area contributed by atoms with E-state index in [9.17, 15) is 4.79 Å². The summed E-state index contributed by atoms with van der Waals surface area (Å²) in [7, 11) is 0. The minimum Gasteiger partial charge on any atom is -0.378 e. The van der Waals surface area contributed by atoms with E-state index in [1.807, 2.05) is 35.0 Å². The fourth-order valence-corrected chi connectivity index (χ4v) is 3.28. The maximum absolute atomic E-state index is 12.4. The minimum atomic E-state index is -0.0635. The zero-order valence-electron chi connectivity index (χ0n) is 15.8. The number of carbonyl (C=O) groups excluding carboxylic acids is 1. The molecule has 1 amide bonds. The number of morpholine rings is 1. The van der Waals surface area contributed by atoms with Crippen LogP contribution >= 0.6 is 0 Å². The fraction of sp³-hybridized carbons (Fsp3) is 0.273. The number of rotatable bonds is 6. The number of aromatic nitrogens is 2. The van der Waals surface area contributed by atoms with Crippen molar-refractivity contribution >= 4 is 11.6 Å². The van der Waals surface area contributed by atoms with E-state index in [1.54, 1.807) is 12.5 Å². The van der Waals surface area contributed by atoms with Crippen LogP contribution in [0.3, 0.4) is 0 Å². The van der Waals surface area contributed by atoms with Gasteiger partial charge in [0.1, 0.15) is 0 Å². The van der Waals surface area contributed by atoms with Crippen LogP contribution in [-0.2, 0) is 17.8 Å². The molecule has 1 fully saturated rings. The predicted octanol–water partition coefficient (Wildman–Crippen LogP) is 2.70. The molecule has 1 aromatic heterocycles. The third-order valence-corrected chi connectivity index (χ3v) is 4.91. The van der Waals surface area contributed by atoms with E-state index < -0.39 is 0 Å². The molecular weight excluding hydrogens is 352 g/mol. The van der Waals surface area contributed by atoms with Gasteiger partial charge in [0.15, 0.2) is 0 Å². The van der Waals surface area contributed by atoms with Gasteiger partial charge in [0, 0.05) is 49.8 Å². The van der Waals surface area contributed by atoms with Crippen LogP contribution in [0.15, 0.2) is 67.3 Å². The average Bonchev–Trinajstić information content (AvgIpc) is 3.27. The number of nitrogens with zero attached hydrogens (tertiary/aromatic N) is 3. The molecule has 0 bridgehead atoms. The van der Waals surface area contributed by atoms with Gasteiger partial charge in [-0.2, -0.15) is 0 Å². The van der Waals surface area contributed by atoms with Gasteiger partial charge in [-0.1, -0.05) is 24.3 Å². The van der Waals surface area contributed by atoms with Gasteiger partial charge in [-0.25, -0.2) is 4.98 Å². The minimum absolute atomic E-state index is 0.0635. The van der Waals surface area contributed by atoms with Gasteiger partial charge in [-0.15, -0.1) is 0 Å². The van der Waals surface area contributed by atoms with Crippen LogP contribution in [0.4, 0.5) is 5.69 Å². The lowest BCUT2D eigenvalue weighted by atomic mass is 10.1. The van der Waals surface area contributed by atoms with Crippen molar-refractivity contribution in [2.75, 3.05) is 31.2 Å². The zero-order chi connectivity index (χ0) is 19.2. The maximum atomic E-state index is 12.4. The Bertz CT molecular complexity index is 883. The van der Waals surface area contributed by atoms with Crippen molar-refractivity contribution in [3.63, 3.8) is 0 Å². The Hall–Kier alpha value is -3.12. The fourth-order valence-electron chi connectivity index (χ4n) is 3.28. The van der Waals surface area contributed by atoms with Crippen molar-refractivity contribution in [3.05, 3.63) is 83.9 Å². The van der Waals surface area contributed by atoms with Gasteiger partial charge in [0.2, 0.25) is 0 Å². The standard InChI is InChI=1S/C22H24N4O2/c27-22(20-5-1-19(2-6-20)16-25-10-9-23-17-25)24-15-18-3-7-21(8-4-18)26-11-13-28-14-12-26/h1-10,17H,11-16H2,(H,24,27). The Labute approximate surface area is 164 Å². The number of anilines is 1. The Morgan fingerprint density at radius 2 is 1.71 bits per heavy atom. The van der Waals surface area contributed by atoms with E-state index in [4.69, 9.17) is 4.74 Å². The molecule has 0 spiro atoms. The number of hydrogen-bond acceptors (Lipinski definition) is 4. The quantitative estimate of drug-likeness (QED) is 0.719. The smallest absolute Gasteiger partial charge is 0.251 e. The van der Waals surface area contributed by atoms with E-state index in [0.29, 0.717) is 12.1 Å². The lowest BCUT2D eigenvalue weighted by Gasteiger charge is -2.28. The van der Waals surface area contributed by atoms with E-state index in [0.717, 1.165) is 44.0 Å². The van der Waals surface area contributed by atoms with Gasteiger partial charge in [0.25, 0.3) is 5.91 Å². The summed E-state index contributed by atoms with van der Waals surface area (Å²) in [5.74, 6) is -0.0635. The van der Waals surface area contributed by atoms with Crippen molar-refractivity contribution in [2.24, 2.45) is 0 Å². The van der Waals surface area contributed by atoms with Crippen molar-refractivity contribution in [2.45, 2.75) is 13.1 Å². The summed E-state index contributed by atoms with van der Waals surface area (Å²) < 4.78 is 7.39. The van der Waals surface area contributed by atoms with E-state index in [2.05, 4.69) is 39.5 Å². The SMILES string of the molecule is O=C(NCc1ccc(N2CCOCC2)cc1)c1ccc(Cn2ccnc2)cc1. The molecule has 2 heterocycles. The molecule has 6 nitrogen and oxygen atoms in total. The molecule has 1 aliphatic heterocycles. The monoisotopic (exact) mass is 376 g/mol. The Balaban J connectivity index is 1.30. The Morgan fingerprint density at radius 3 is 2.39 bits per heavy atom. The number of amides is 1. The normalized spacial score (nSPS) is 14.1. The molecule has 1 saturated heterocycles. The summed E-state index contributed by atoms with van der Waals surface area (Å²) in [6.45, 7) is 4.66. The van der Waals surface area contributed by atoms with Crippen LogP contribution in [0.5, 0.6) is 0 Å². The van der Waals surface area contributed by atoms with Gasteiger partial charge in [-0.05, 0) is 35.4 Å². The molecule has 0 unspecified atom stereocenters. The second kappa shape index (κ2) is 8.71. The van der Waals surface area contributed by atoms with Crippen molar-refractivity contribution in [1.29, 1.82) is 0 Å². The van der Waals surface area contributed by atoms with Crippen molar-refractivity contribution in [3.8, 4) is 0 Å². The lowest BCUT2D eigenvalue weighted by molar-refractivity contribution is 0.0951. The van der Waals surface area contributed by atoms with Gasteiger partial charge >= 0.3 is 0 Å². The summed E-state index contributed by atoms with van der Waals surface area (Å²) in [6, 6.07) is 16.0. The molecule has 0 atom stereocenters. The van der Waals surface area contributed by atoms with Crippen LogP contribution in [0.25, 0.3) is 0 Å². The number of ether oxygens (including phenoxy) is 1. The van der Waals surface area contributed by atoms with Gasteiger partial charge in [0.05, 0.1) is 19.5 Å². The highest BCUT2D eigenvalue weighted by molar-refractivity contribution is 5.94. The number of benzene rings is 2. The average molecular weight is 376 g/mol. The molecule has 3 aromatic rings. The second-order valence-electron chi connectivity index (χ2n) is 6.88. The van der Waals surface area contributed by atoms with Crippen molar-refractivity contribution < 1.29 is 9.53 Å². The molecule has 1 N–H and O–H groups in total. The third kappa shape index (κ3) is 4.58. The molecular formula is C22H24N4O2. The topological polar surface area (TPSA) is 59.4 Å². The van der Waals surface area contributed by atoms with Crippen LogP contribution in [0.2, 0.25) is 0 Å². The number of hydrogen-bond donors (Lipinski definition) is 1. The zero-order valence-corrected chi connectivity index (χ0v) is 15.8. The summed E-state index contributed by atoms with van der Waals surface area (Å²) in [5.41, 5.74) is 4.08. The third-order valence-electron chi connectivity index (χ3n) is 4.91. The number of nitrogens with one attached hydrogen (secondary N) is 1. The van der Waals surface area contributed by atoms with Crippen LogP contribution in [0, 0.1) is 0 Å². The number of imidazole rings is 1. The molecule has 0 saturated carbocycles. The second-order valence-corrected chi connectivity index (χ2v) is 6.88. The highest BCUT2D eigenvalue weighted by Crippen LogP contribution is 2.16. The van der Waals surface area contributed by atoms with Crippen LogP contribution in [-0.4, -0.2) is 41.8 Å². The first-order valence-corrected chi connectivity index (χ1v) is 9.52. The molecule has 0 radical (unpaired) electrons. The van der Waals surface area contributed by atoms with E-state index >= 15 is 0 Å². The van der Waals surface area contributed by atoms with Gasteiger partial charge in [-0.3, -0.25) is 4.79 Å². The summed E-state index contributed by atoms with van der Waals surface area (Å²) >= 11 is 0.